The van der Waals surface area contributed by atoms with Gasteiger partial charge in [-0.05, 0) is 37.5 Å². The van der Waals surface area contributed by atoms with E-state index in [2.05, 4.69) is 5.32 Å². The topological polar surface area (TPSA) is 32.3 Å². The Kier molecular flexibility index (Phi) is 4.88. The number of hydrogen-bond acceptors (Lipinski definition) is 2. The Morgan fingerprint density at radius 2 is 1.74 bits per heavy atom. The standard InChI is InChI=1S/C15H21F2NO/c1-10(11-7-12(16)9-13(17)8-11)18-14-5-3-2-4-6-15(14)19/h7-10,14-15,18-19H,2-6H2,1H3. The molecular formula is C15H21F2NO. The van der Waals surface area contributed by atoms with Gasteiger partial charge in [0.2, 0.25) is 0 Å². The number of rotatable bonds is 3. The van der Waals surface area contributed by atoms with E-state index in [-0.39, 0.29) is 18.2 Å². The number of aliphatic hydroxyl groups is 1. The lowest BCUT2D eigenvalue weighted by Gasteiger charge is -2.26. The molecule has 0 spiro atoms. The van der Waals surface area contributed by atoms with Gasteiger partial charge in [-0.15, -0.1) is 0 Å². The van der Waals surface area contributed by atoms with Crippen molar-refractivity contribution in [3.05, 3.63) is 35.4 Å². The highest BCUT2D eigenvalue weighted by Gasteiger charge is 2.23. The Hall–Kier alpha value is -1.00. The molecule has 1 saturated carbocycles. The Balaban J connectivity index is 2.04. The molecular weight excluding hydrogens is 248 g/mol. The average Bonchev–Trinajstić information content (AvgIpc) is 2.54. The van der Waals surface area contributed by atoms with Crippen molar-refractivity contribution < 1.29 is 13.9 Å². The summed E-state index contributed by atoms with van der Waals surface area (Å²) in [4.78, 5) is 0. The first-order chi connectivity index (χ1) is 9.06. The van der Waals surface area contributed by atoms with Crippen LogP contribution in [0.3, 0.4) is 0 Å². The molecule has 0 heterocycles. The molecule has 4 heteroatoms. The fourth-order valence-corrected chi connectivity index (χ4v) is 2.72. The SMILES string of the molecule is CC(NC1CCCCCC1O)c1cc(F)cc(F)c1. The van der Waals surface area contributed by atoms with E-state index in [0.717, 1.165) is 38.2 Å². The van der Waals surface area contributed by atoms with E-state index in [0.29, 0.717) is 5.56 Å². The van der Waals surface area contributed by atoms with Crippen LogP contribution in [-0.4, -0.2) is 17.3 Å². The smallest absolute Gasteiger partial charge is 0.126 e. The third kappa shape index (κ3) is 3.98. The Bertz CT molecular complexity index is 404. The molecule has 3 atom stereocenters. The maximum absolute atomic E-state index is 13.2. The molecule has 0 aliphatic heterocycles. The summed E-state index contributed by atoms with van der Waals surface area (Å²) in [5.74, 6) is -1.13. The van der Waals surface area contributed by atoms with Crippen molar-refractivity contribution in [2.75, 3.05) is 0 Å². The lowest BCUT2D eigenvalue weighted by atomic mass is 10.0. The summed E-state index contributed by atoms with van der Waals surface area (Å²) in [6.45, 7) is 1.87. The van der Waals surface area contributed by atoms with Crippen LogP contribution in [-0.2, 0) is 0 Å². The highest BCUT2D eigenvalue weighted by Crippen LogP contribution is 2.22. The van der Waals surface area contributed by atoms with Gasteiger partial charge in [0.25, 0.3) is 0 Å². The molecule has 19 heavy (non-hydrogen) atoms. The Morgan fingerprint density at radius 3 is 2.42 bits per heavy atom. The number of hydrogen-bond donors (Lipinski definition) is 2. The van der Waals surface area contributed by atoms with Gasteiger partial charge in [0.1, 0.15) is 11.6 Å². The maximum atomic E-state index is 13.2. The third-order valence-corrected chi connectivity index (χ3v) is 3.83. The van der Waals surface area contributed by atoms with E-state index in [1.165, 1.54) is 12.1 Å². The zero-order valence-electron chi connectivity index (χ0n) is 11.2. The maximum Gasteiger partial charge on any atom is 0.126 e. The zero-order chi connectivity index (χ0) is 13.8. The van der Waals surface area contributed by atoms with Crippen molar-refractivity contribution in [2.24, 2.45) is 0 Å². The minimum absolute atomic E-state index is 0.00354. The molecule has 2 N–H and O–H groups in total. The van der Waals surface area contributed by atoms with Gasteiger partial charge in [-0.2, -0.15) is 0 Å². The fourth-order valence-electron chi connectivity index (χ4n) is 2.72. The van der Waals surface area contributed by atoms with Gasteiger partial charge in [-0.1, -0.05) is 19.3 Å². The number of nitrogens with one attached hydrogen (secondary N) is 1. The minimum Gasteiger partial charge on any atom is -0.392 e. The van der Waals surface area contributed by atoms with E-state index in [1.807, 2.05) is 6.92 Å². The van der Waals surface area contributed by atoms with E-state index < -0.39 is 11.6 Å². The van der Waals surface area contributed by atoms with Crippen molar-refractivity contribution in [1.29, 1.82) is 0 Å². The second kappa shape index (κ2) is 6.44. The molecule has 1 aromatic rings. The van der Waals surface area contributed by atoms with E-state index in [9.17, 15) is 13.9 Å². The van der Waals surface area contributed by atoms with Gasteiger partial charge in [0.05, 0.1) is 6.10 Å². The molecule has 0 aromatic heterocycles. The van der Waals surface area contributed by atoms with Crippen molar-refractivity contribution >= 4 is 0 Å². The van der Waals surface area contributed by atoms with Crippen molar-refractivity contribution in [1.82, 2.24) is 5.32 Å². The highest BCUT2D eigenvalue weighted by atomic mass is 19.1. The first kappa shape index (κ1) is 14.4. The van der Waals surface area contributed by atoms with Crippen LogP contribution in [0.15, 0.2) is 18.2 Å². The van der Waals surface area contributed by atoms with Crippen LogP contribution in [0.1, 0.15) is 50.6 Å². The summed E-state index contributed by atoms with van der Waals surface area (Å²) >= 11 is 0. The zero-order valence-corrected chi connectivity index (χ0v) is 11.2. The quantitative estimate of drug-likeness (QED) is 0.825. The van der Waals surface area contributed by atoms with E-state index >= 15 is 0 Å². The Morgan fingerprint density at radius 1 is 1.11 bits per heavy atom. The lowest BCUT2D eigenvalue weighted by molar-refractivity contribution is 0.115. The predicted octanol–water partition coefficient (Wildman–Crippen LogP) is 3.31. The van der Waals surface area contributed by atoms with Gasteiger partial charge in [0, 0.05) is 18.2 Å². The van der Waals surface area contributed by atoms with Crippen LogP contribution < -0.4 is 5.32 Å². The molecule has 1 aliphatic carbocycles. The molecule has 1 aliphatic rings. The van der Waals surface area contributed by atoms with Gasteiger partial charge >= 0.3 is 0 Å². The van der Waals surface area contributed by atoms with E-state index in [1.54, 1.807) is 0 Å². The molecule has 106 valence electrons. The molecule has 0 amide bonds. The minimum atomic E-state index is -0.565. The third-order valence-electron chi connectivity index (χ3n) is 3.83. The number of aliphatic hydroxyl groups excluding tert-OH is 1. The first-order valence-electron chi connectivity index (χ1n) is 6.96. The van der Waals surface area contributed by atoms with Crippen LogP contribution in [0.2, 0.25) is 0 Å². The lowest BCUT2D eigenvalue weighted by Crippen LogP contribution is -2.40. The second-order valence-corrected chi connectivity index (χ2v) is 5.40. The van der Waals surface area contributed by atoms with Gasteiger partial charge in [-0.25, -0.2) is 8.78 Å². The number of halogens is 2. The molecule has 3 unspecified atom stereocenters. The molecule has 0 bridgehead atoms. The average molecular weight is 269 g/mol. The molecule has 1 fully saturated rings. The second-order valence-electron chi connectivity index (χ2n) is 5.40. The van der Waals surface area contributed by atoms with Crippen LogP contribution in [0, 0.1) is 11.6 Å². The molecule has 1 aromatic carbocycles. The molecule has 2 rings (SSSR count). The largest absolute Gasteiger partial charge is 0.392 e. The summed E-state index contributed by atoms with van der Waals surface area (Å²) in [5, 5.41) is 13.3. The molecule has 2 nitrogen and oxygen atoms in total. The van der Waals surface area contributed by atoms with Crippen LogP contribution in [0.5, 0.6) is 0 Å². The summed E-state index contributed by atoms with van der Waals surface area (Å²) < 4.78 is 26.4. The van der Waals surface area contributed by atoms with Crippen LogP contribution in [0.4, 0.5) is 8.78 Å². The van der Waals surface area contributed by atoms with Crippen molar-refractivity contribution in [3.63, 3.8) is 0 Å². The normalized spacial score (nSPS) is 25.9. The van der Waals surface area contributed by atoms with Gasteiger partial charge in [0.15, 0.2) is 0 Å². The van der Waals surface area contributed by atoms with Crippen molar-refractivity contribution in [3.8, 4) is 0 Å². The van der Waals surface area contributed by atoms with Gasteiger partial charge < -0.3 is 10.4 Å². The summed E-state index contributed by atoms with van der Waals surface area (Å²) in [6.07, 6.45) is 4.59. The summed E-state index contributed by atoms with van der Waals surface area (Å²) in [5.41, 5.74) is 0.578. The highest BCUT2D eigenvalue weighted by molar-refractivity contribution is 5.21. The summed E-state index contributed by atoms with van der Waals surface area (Å²) in [7, 11) is 0. The Labute approximate surface area is 112 Å². The molecule has 0 saturated heterocycles. The predicted molar refractivity (Wildman–Crippen MR) is 70.8 cm³/mol. The fraction of sp³-hybridized carbons (Fsp3) is 0.600. The monoisotopic (exact) mass is 269 g/mol. The molecule has 0 radical (unpaired) electrons. The number of benzene rings is 1. The van der Waals surface area contributed by atoms with Gasteiger partial charge in [-0.3, -0.25) is 0 Å². The van der Waals surface area contributed by atoms with E-state index in [4.69, 9.17) is 0 Å². The first-order valence-corrected chi connectivity index (χ1v) is 6.96. The summed E-state index contributed by atoms with van der Waals surface area (Å²) in [6, 6.07) is 3.37. The van der Waals surface area contributed by atoms with Crippen LogP contribution in [0.25, 0.3) is 0 Å². The van der Waals surface area contributed by atoms with Crippen molar-refractivity contribution in [2.45, 2.75) is 57.2 Å². The van der Waals surface area contributed by atoms with Crippen LogP contribution >= 0.6 is 0 Å².